The number of piperidine rings is 1. The smallest absolute Gasteiger partial charge is 0.227 e. The second-order valence-electron chi connectivity index (χ2n) is 7.88. The van der Waals surface area contributed by atoms with Gasteiger partial charge in [0.15, 0.2) is 0 Å². The first kappa shape index (κ1) is 23.1. The summed E-state index contributed by atoms with van der Waals surface area (Å²) in [6.07, 6.45) is 1.35. The minimum absolute atomic E-state index is 0.0231. The molecule has 8 heteroatoms. The highest BCUT2D eigenvalue weighted by atomic mass is 35.5. The predicted octanol–water partition coefficient (Wildman–Crippen LogP) is 4.50. The molecule has 0 aromatic heterocycles. The summed E-state index contributed by atoms with van der Waals surface area (Å²) in [6, 6.07) is 12.9. The molecule has 0 bridgehead atoms. The van der Waals surface area contributed by atoms with Crippen LogP contribution in [-0.2, 0) is 27.1 Å². The zero-order valence-electron chi connectivity index (χ0n) is 17.1. The van der Waals surface area contributed by atoms with Crippen LogP contribution in [0.5, 0.6) is 0 Å². The van der Waals surface area contributed by atoms with Crippen molar-refractivity contribution in [3.63, 3.8) is 0 Å². The zero-order valence-corrected chi connectivity index (χ0v) is 19.5. The van der Waals surface area contributed by atoms with Crippen LogP contribution in [0.2, 0.25) is 10.0 Å². The Labute approximate surface area is 188 Å². The lowest BCUT2D eigenvalue weighted by Crippen LogP contribution is -2.46. The Hall–Kier alpha value is -1.60. The lowest BCUT2D eigenvalue weighted by molar-refractivity contribution is -0.135. The van der Waals surface area contributed by atoms with Crippen molar-refractivity contribution >= 4 is 39.1 Å². The van der Waals surface area contributed by atoms with Crippen LogP contribution in [0, 0.1) is 12.8 Å². The van der Waals surface area contributed by atoms with E-state index in [9.17, 15) is 13.2 Å². The summed E-state index contributed by atoms with van der Waals surface area (Å²) < 4.78 is 27.3. The van der Waals surface area contributed by atoms with Crippen LogP contribution in [-0.4, -0.2) is 43.7 Å². The molecule has 3 rings (SSSR count). The fourth-order valence-corrected chi connectivity index (χ4v) is 5.60. The van der Waals surface area contributed by atoms with E-state index >= 15 is 0 Å². The first-order valence-electron chi connectivity index (χ1n) is 9.88. The highest BCUT2D eigenvalue weighted by molar-refractivity contribution is 7.88. The van der Waals surface area contributed by atoms with Gasteiger partial charge >= 0.3 is 0 Å². The van der Waals surface area contributed by atoms with Gasteiger partial charge in [-0.2, -0.15) is 0 Å². The van der Waals surface area contributed by atoms with Crippen molar-refractivity contribution in [2.45, 2.75) is 32.1 Å². The molecular formula is C22H26Cl2N2O3S. The van der Waals surface area contributed by atoms with Gasteiger partial charge in [0.05, 0.1) is 21.7 Å². The molecule has 2 aromatic rings. The number of carbonyl (C=O) groups excluding carboxylic acids is 1. The van der Waals surface area contributed by atoms with E-state index in [0.29, 0.717) is 41.5 Å². The maximum absolute atomic E-state index is 13.0. The van der Waals surface area contributed by atoms with E-state index in [0.717, 1.165) is 5.56 Å². The number of rotatable bonds is 6. The van der Waals surface area contributed by atoms with Gasteiger partial charge in [0.1, 0.15) is 0 Å². The van der Waals surface area contributed by atoms with Crippen LogP contribution >= 0.6 is 23.2 Å². The Morgan fingerprint density at radius 3 is 2.43 bits per heavy atom. The summed E-state index contributed by atoms with van der Waals surface area (Å²) in [5.41, 5.74) is 2.80. The summed E-state index contributed by atoms with van der Waals surface area (Å²) in [5.74, 6) is -0.521. The Morgan fingerprint density at radius 2 is 1.77 bits per heavy atom. The number of hydrogen-bond acceptors (Lipinski definition) is 3. The average Bonchev–Trinajstić information content (AvgIpc) is 2.72. The maximum atomic E-state index is 13.0. The topological polar surface area (TPSA) is 57.7 Å². The third kappa shape index (κ3) is 5.76. The molecule has 0 aliphatic carbocycles. The minimum atomic E-state index is -3.56. The first-order chi connectivity index (χ1) is 14.2. The molecule has 2 aromatic carbocycles. The van der Waals surface area contributed by atoms with Crippen LogP contribution in [0.1, 0.15) is 29.5 Å². The van der Waals surface area contributed by atoms with Crippen LogP contribution in [0.3, 0.4) is 0 Å². The first-order valence-corrected chi connectivity index (χ1v) is 12.2. The van der Waals surface area contributed by atoms with E-state index in [1.807, 2.05) is 31.2 Å². The van der Waals surface area contributed by atoms with E-state index < -0.39 is 10.0 Å². The van der Waals surface area contributed by atoms with Crippen molar-refractivity contribution < 1.29 is 13.2 Å². The van der Waals surface area contributed by atoms with Gasteiger partial charge in [-0.1, -0.05) is 59.1 Å². The number of halogens is 2. The molecule has 1 aliphatic rings. The normalized spacial score (nSPS) is 17.7. The van der Waals surface area contributed by atoms with Gasteiger partial charge in [-0.15, -0.1) is 0 Å². The van der Waals surface area contributed by atoms with Crippen molar-refractivity contribution in [2.24, 2.45) is 5.92 Å². The fraction of sp³-hybridized carbons (Fsp3) is 0.409. The number of amides is 1. The summed E-state index contributed by atoms with van der Waals surface area (Å²) >= 11 is 11.9. The van der Waals surface area contributed by atoms with Crippen molar-refractivity contribution in [1.82, 2.24) is 9.21 Å². The molecule has 162 valence electrons. The van der Waals surface area contributed by atoms with Crippen molar-refractivity contribution in [2.75, 3.05) is 20.1 Å². The number of sulfonamides is 1. The Bertz CT molecular complexity index is 1010. The molecule has 1 saturated heterocycles. The molecule has 1 fully saturated rings. The minimum Gasteiger partial charge on any atom is -0.341 e. The molecule has 0 N–H and O–H groups in total. The molecule has 30 heavy (non-hydrogen) atoms. The second kappa shape index (κ2) is 9.69. The summed E-state index contributed by atoms with van der Waals surface area (Å²) in [6.45, 7) is 3.16. The molecule has 0 saturated carbocycles. The lowest BCUT2D eigenvalue weighted by Gasteiger charge is -2.33. The number of carbonyl (C=O) groups is 1. The highest BCUT2D eigenvalue weighted by Gasteiger charge is 2.33. The van der Waals surface area contributed by atoms with Gasteiger partial charge in [-0.05, 0) is 43.0 Å². The van der Waals surface area contributed by atoms with E-state index in [1.165, 1.54) is 9.87 Å². The summed E-state index contributed by atoms with van der Waals surface area (Å²) in [4.78, 5) is 14.6. The lowest BCUT2D eigenvalue weighted by atomic mass is 9.98. The molecular weight excluding hydrogens is 443 g/mol. The van der Waals surface area contributed by atoms with Crippen molar-refractivity contribution in [3.05, 3.63) is 69.2 Å². The number of hydrogen-bond donors (Lipinski definition) is 0. The van der Waals surface area contributed by atoms with Gasteiger partial charge in [0.25, 0.3) is 0 Å². The summed E-state index contributed by atoms with van der Waals surface area (Å²) in [7, 11) is -1.79. The number of benzene rings is 2. The highest BCUT2D eigenvalue weighted by Crippen LogP contribution is 2.26. The largest absolute Gasteiger partial charge is 0.341 e. The number of aryl methyl sites for hydroxylation is 1. The van der Waals surface area contributed by atoms with Crippen molar-refractivity contribution in [3.8, 4) is 0 Å². The molecule has 5 nitrogen and oxygen atoms in total. The van der Waals surface area contributed by atoms with E-state index in [4.69, 9.17) is 23.2 Å². The van der Waals surface area contributed by atoms with Gasteiger partial charge in [0, 0.05) is 26.7 Å². The zero-order chi connectivity index (χ0) is 21.9. The molecule has 0 spiro atoms. The van der Waals surface area contributed by atoms with Gasteiger partial charge < -0.3 is 4.90 Å². The average molecular weight is 469 g/mol. The van der Waals surface area contributed by atoms with E-state index in [2.05, 4.69) is 0 Å². The summed E-state index contributed by atoms with van der Waals surface area (Å²) in [5, 5.41) is 0.715. The Morgan fingerprint density at radius 1 is 1.10 bits per heavy atom. The number of nitrogens with zero attached hydrogens (tertiary/aromatic N) is 2. The Kier molecular flexibility index (Phi) is 7.45. The molecule has 1 aliphatic heterocycles. The van der Waals surface area contributed by atoms with Crippen molar-refractivity contribution in [1.29, 1.82) is 0 Å². The molecule has 1 amide bonds. The molecule has 1 atom stereocenters. The van der Waals surface area contributed by atoms with Crippen LogP contribution in [0.4, 0.5) is 0 Å². The fourth-order valence-electron chi connectivity index (χ4n) is 3.68. The van der Waals surface area contributed by atoms with E-state index in [1.54, 1.807) is 30.1 Å². The SMILES string of the molecule is Cc1ccc(CN(C)C(=O)[C@@H]2CCCN(S(=O)(=O)Cc3ccc(Cl)c(Cl)c3)C2)cc1. The molecule has 0 unspecified atom stereocenters. The second-order valence-corrected chi connectivity index (χ2v) is 10.7. The Balaban J connectivity index is 1.65. The quantitative estimate of drug-likeness (QED) is 0.626. The molecule has 0 radical (unpaired) electrons. The van der Waals surface area contributed by atoms with Gasteiger partial charge in [-0.25, -0.2) is 12.7 Å². The van der Waals surface area contributed by atoms with Gasteiger partial charge in [0.2, 0.25) is 15.9 Å². The van der Waals surface area contributed by atoms with Crippen LogP contribution in [0.15, 0.2) is 42.5 Å². The predicted molar refractivity (Wildman–Crippen MR) is 121 cm³/mol. The third-order valence-electron chi connectivity index (χ3n) is 5.38. The van der Waals surface area contributed by atoms with E-state index in [-0.39, 0.29) is 24.1 Å². The maximum Gasteiger partial charge on any atom is 0.227 e. The van der Waals surface area contributed by atoms with Crippen LogP contribution < -0.4 is 0 Å². The monoisotopic (exact) mass is 468 g/mol. The van der Waals surface area contributed by atoms with Gasteiger partial charge in [-0.3, -0.25) is 4.79 Å². The third-order valence-corrected chi connectivity index (χ3v) is 7.93. The molecule has 1 heterocycles. The van der Waals surface area contributed by atoms with Crippen LogP contribution in [0.25, 0.3) is 0 Å². The standard InChI is InChI=1S/C22H26Cl2N2O3S/c1-16-5-7-17(8-6-16)13-25(2)22(27)19-4-3-11-26(14-19)30(28,29)15-18-9-10-20(23)21(24)12-18/h5-10,12,19H,3-4,11,13-15H2,1-2H3/t19-/m1/s1.